The molecule has 0 spiro atoms. The molecule has 3 nitrogen and oxygen atoms in total. The lowest BCUT2D eigenvalue weighted by Crippen LogP contribution is -2.28. The van der Waals surface area contributed by atoms with Crippen molar-refractivity contribution in [3.8, 4) is 12.3 Å². The van der Waals surface area contributed by atoms with Crippen molar-refractivity contribution in [3.05, 3.63) is 29.1 Å². The minimum absolute atomic E-state index is 0.142. The summed E-state index contributed by atoms with van der Waals surface area (Å²) in [7, 11) is 0. The largest absolute Gasteiger partial charge is 0.417 e. The molecule has 0 atom stereocenters. The average molecular weight is 284 g/mol. The predicted molar refractivity (Wildman–Crippen MR) is 69.1 cm³/mol. The van der Waals surface area contributed by atoms with Crippen molar-refractivity contribution in [2.24, 2.45) is 0 Å². The lowest BCUT2D eigenvalue weighted by molar-refractivity contribution is -0.138. The molecule has 1 rings (SSSR count). The Labute approximate surface area is 115 Å². The zero-order valence-electron chi connectivity index (χ0n) is 11.4. The molecule has 0 unspecified atom stereocenters. The van der Waals surface area contributed by atoms with E-state index in [2.05, 4.69) is 16.2 Å². The third-order valence-electron chi connectivity index (χ3n) is 2.57. The second kappa shape index (κ2) is 5.53. The molecule has 1 aromatic rings. The number of pyridine rings is 1. The zero-order valence-corrected chi connectivity index (χ0v) is 11.4. The molecule has 1 amide bonds. The van der Waals surface area contributed by atoms with Crippen LogP contribution in [0.4, 0.5) is 13.2 Å². The summed E-state index contributed by atoms with van der Waals surface area (Å²) in [5.41, 5.74) is -1.82. The van der Waals surface area contributed by atoms with Gasteiger partial charge in [-0.25, -0.2) is 0 Å². The molecule has 0 aromatic carbocycles. The summed E-state index contributed by atoms with van der Waals surface area (Å²) in [6.07, 6.45) is 1.26. The Morgan fingerprint density at radius 2 is 2.00 bits per heavy atom. The molecule has 108 valence electrons. The van der Waals surface area contributed by atoms with Crippen LogP contribution < -0.4 is 5.32 Å². The molecule has 0 saturated heterocycles. The zero-order chi connectivity index (χ0) is 15.6. The number of aromatic nitrogens is 1. The molecule has 0 radical (unpaired) electrons. The summed E-state index contributed by atoms with van der Waals surface area (Å²) in [5, 5.41) is 2.20. The average Bonchev–Trinajstić information content (AvgIpc) is 2.33. The number of hydrogen-bond donors (Lipinski definition) is 1. The summed E-state index contributed by atoms with van der Waals surface area (Å²) in [6, 6.07) is 0.908. The minimum atomic E-state index is -4.63. The van der Waals surface area contributed by atoms with Crippen molar-refractivity contribution >= 4 is 5.91 Å². The van der Waals surface area contributed by atoms with Gasteiger partial charge in [0.05, 0.1) is 17.7 Å². The Kier molecular flexibility index (Phi) is 4.43. The minimum Gasteiger partial charge on any atom is -0.341 e. The second-order valence-electron chi connectivity index (χ2n) is 5.25. The van der Waals surface area contributed by atoms with Crippen LogP contribution in [-0.4, -0.2) is 17.4 Å². The van der Waals surface area contributed by atoms with E-state index < -0.39 is 28.6 Å². The maximum absolute atomic E-state index is 13.1. The van der Waals surface area contributed by atoms with E-state index in [1.54, 1.807) is 20.8 Å². The Bertz CT molecular complexity index is 551. The molecule has 0 fully saturated rings. The summed E-state index contributed by atoms with van der Waals surface area (Å²) in [4.78, 5) is 15.6. The third kappa shape index (κ3) is 3.73. The highest BCUT2D eigenvalue weighted by Gasteiger charge is 2.36. The number of nitrogens with one attached hydrogen (secondary N) is 1. The van der Waals surface area contributed by atoms with E-state index in [1.807, 2.05) is 0 Å². The van der Waals surface area contributed by atoms with Crippen LogP contribution in [0.1, 0.15) is 42.4 Å². The fourth-order valence-corrected chi connectivity index (χ4v) is 1.51. The molecule has 0 bridgehead atoms. The summed E-state index contributed by atoms with van der Waals surface area (Å²) < 4.78 is 39.2. The van der Waals surface area contributed by atoms with Gasteiger partial charge in [-0.3, -0.25) is 9.78 Å². The molecular weight excluding hydrogens is 269 g/mol. The normalized spacial score (nSPS) is 11.8. The van der Waals surface area contributed by atoms with Gasteiger partial charge in [0.25, 0.3) is 5.91 Å². The predicted octanol–water partition coefficient (Wildman–Crippen LogP) is 2.76. The molecule has 0 aliphatic carbocycles. The Morgan fingerprint density at radius 1 is 1.40 bits per heavy atom. The lowest BCUT2D eigenvalue weighted by atomic mass is 9.90. The molecule has 1 aromatic heterocycles. The van der Waals surface area contributed by atoms with Crippen LogP contribution in [0.15, 0.2) is 12.3 Å². The first-order valence-corrected chi connectivity index (χ1v) is 5.86. The van der Waals surface area contributed by atoms with Crippen LogP contribution in [-0.2, 0) is 11.6 Å². The van der Waals surface area contributed by atoms with Gasteiger partial charge in [-0.15, -0.1) is 6.42 Å². The lowest BCUT2D eigenvalue weighted by Gasteiger charge is -2.20. The van der Waals surface area contributed by atoms with E-state index in [9.17, 15) is 18.0 Å². The highest BCUT2D eigenvalue weighted by molar-refractivity contribution is 5.95. The van der Waals surface area contributed by atoms with E-state index >= 15 is 0 Å². The van der Waals surface area contributed by atoms with Gasteiger partial charge in [-0.1, -0.05) is 26.7 Å². The van der Waals surface area contributed by atoms with Crippen LogP contribution in [0.2, 0.25) is 0 Å². The van der Waals surface area contributed by atoms with Crippen LogP contribution >= 0.6 is 0 Å². The maximum Gasteiger partial charge on any atom is 0.417 e. The Morgan fingerprint density at radius 3 is 2.45 bits per heavy atom. The highest BCUT2D eigenvalue weighted by atomic mass is 19.4. The fourth-order valence-electron chi connectivity index (χ4n) is 1.51. The molecule has 1 N–H and O–H groups in total. The van der Waals surface area contributed by atoms with E-state index in [4.69, 9.17) is 6.42 Å². The molecule has 0 saturated carbocycles. The van der Waals surface area contributed by atoms with Gasteiger partial charge in [-0.2, -0.15) is 13.2 Å². The molecule has 0 aliphatic heterocycles. The van der Waals surface area contributed by atoms with Crippen molar-refractivity contribution in [2.45, 2.75) is 32.4 Å². The van der Waals surface area contributed by atoms with Crippen molar-refractivity contribution in [1.82, 2.24) is 10.3 Å². The Balaban J connectivity index is 3.33. The van der Waals surface area contributed by atoms with Gasteiger partial charge < -0.3 is 5.32 Å². The highest BCUT2D eigenvalue weighted by Crippen LogP contribution is 2.34. The van der Waals surface area contributed by atoms with E-state index in [0.717, 1.165) is 12.3 Å². The first-order chi connectivity index (χ1) is 9.07. The van der Waals surface area contributed by atoms with Crippen LogP contribution in [0.25, 0.3) is 0 Å². The van der Waals surface area contributed by atoms with Crippen molar-refractivity contribution in [2.75, 3.05) is 6.54 Å². The number of terminal acetylenes is 1. The number of carbonyl (C=O) groups is 1. The number of hydrogen-bond acceptors (Lipinski definition) is 2. The summed E-state index contributed by atoms with van der Waals surface area (Å²) in [5.74, 6) is 1.24. The third-order valence-corrected chi connectivity index (χ3v) is 2.57. The van der Waals surface area contributed by atoms with Crippen LogP contribution in [0.3, 0.4) is 0 Å². The standard InChI is InChI=1S/C14H15F3N2O/c1-5-6-18-12(20)9-8-19-11(13(2,3)4)7-10(9)14(15,16)17/h1,7-8H,6H2,2-4H3,(H,18,20). The van der Waals surface area contributed by atoms with Gasteiger partial charge >= 0.3 is 6.18 Å². The number of amides is 1. The number of halogens is 3. The van der Waals surface area contributed by atoms with Gasteiger partial charge in [0.1, 0.15) is 0 Å². The molecule has 20 heavy (non-hydrogen) atoms. The summed E-state index contributed by atoms with van der Waals surface area (Å²) in [6.45, 7) is 5.09. The van der Waals surface area contributed by atoms with Crippen LogP contribution in [0.5, 0.6) is 0 Å². The topological polar surface area (TPSA) is 42.0 Å². The van der Waals surface area contributed by atoms with Crippen molar-refractivity contribution < 1.29 is 18.0 Å². The number of nitrogens with zero attached hydrogens (tertiary/aromatic N) is 1. The Hall–Kier alpha value is -2.03. The maximum atomic E-state index is 13.1. The molecular formula is C14H15F3N2O. The number of alkyl halides is 3. The van der Waals surface area contributed by atoms with Gasteiger partial charge in [0.2, 0.25) is 0 Å². The second-order valence-corrected chi connectivity index (χ2v) is 5.25. The molecule has 0 aliphatic rings. The molecule has 1 heterocycles. The molecule has 6 heteroatoms. The number of rotatable bonds is 2. The van der Waals surface area contributed by atoms with Crippen molar-refractivity contribution in [1.29, 1.82) is 0 Å². The van der Waals surface area contributed by atoms with Crippen molar-refractivity contribution in [3.63, 3.8) is 0 Å². The van der Waals surface area contributed by atoms with Gasteiger partial charge in [-0.05, 0) is 6.07 Å². The van der Waals surface area contributed by atoms with E-state index in [-0.39, 0.29) is 12.2 Å². The first-order valence-electron chi connectivity index (χ1n) is 5.86. The number of carbonyl (C=O) groups excluding carboxylic acids is 1. The quantitative estimate of drug-likeness (QED) is 0.848. The van der Waals surface area contributed by atoms with E-state index in [1.165, 1.54) is 0 Å². The first kappa shape index (κ1) is 16.0. The SMILES string of the molecule is C#CCNC(=O)c1cnc(C(C)(C)C)cc1C(F)(F)F. The summed E-state index contributed by atoms with van der Waals surface area (Å²) >= 11 is 0. The van der Waals surface area contributed by atoms with E-state index in [0.29, 0.717) is 0 Å². The van der Waals surface area contributed by atoms with Gasteiger partial charge in [0.15, 0.2) is 0 Å². The smallest absolute Gasteiger partial charge is 0.341 e. The monoisotopic (exact) mass is 284 g/mol. The van der Waals surface area contributed by atoms with Gasteiger partial charge in [0, 0.05) is 17.3 Å². The van der Waals surface area contributed by atoms with Crippen LogP contribution in [0, 0.1) is 12.3 Å². The fraction of sp³-hybridized carbons (Fsp3) is 0.429.